The summed E-state index contributed by atoms with van der Waals surface area (Å²) in [6.45, 7) is 5.93. The van der Waals surface area contributed by atoms with Crippen LogP contribution in [-0.4, -0.2) is 37.7 Å². The van der Waals surface area contributed by atoms with E-state index in [0.29, 0.717) is 29.8 Å². The highest BCUT2D eigenvalue weighted by Gasteiger charge is 2.26. The van der Waals surface area contributed by atoms with Crippen LogP contribution in [-0.2, 0) is 4.74 Å². The molecule has 0 amide bonds. The van der Waals surface area contributed by atoms with Crippen molar-refractivity contribution in [2.75, 3.05) is 26.8 Å². The average Bonchev–Trinajstić information content (AvgIpc) is 2.49. The van der Waals surface area contributed by atoms with E-state index in [0.717, 1.165) is 19.4 Å². The van der Waals surface area contributed by atoms with E-state index in [1.165, 1.54) is 6.07 Å². The second-order valence-corrected chi connectivity index (χ2v) is 5.55. The van der Waals surface area contributed by atoms with Crippen molar-refractivity contribution in [1.82, 2.24) is 4.90 Å². The van der Waals surface area contributed by atoms with Crippen molar-refractivity contribution in [2.24, 2.45) is 5.73 Å². The quantitative estimate of drug-likeness (QED) is 0.756. The predicted octanol–water partition coefficient (Wildman–Crippen LogP) is 3.62. The summed E-state index contributed by atoms with van der Waals surface area (Å²) in [6.07, 6.45) is 1.97. The average molecular weight is 317 g/mol. The highest BCUT2D eigenvalue weighted by atomic mass is 35.5. The van der Waals surface area contributed by atoms with Gasteiger partial charge in [-0.25, -0.2) is 4.39 Å². The summed E-state index contributed by atoms with van der Waals surface area (Å²) in [7, 11) is 1.67. The van der Waals surface area contributed by atoms with Crippen LogP contribution in [0.15, 0.2) is 18.2 Å². The third-order valence-corrected chi connectivity index (χ3v) is 4.14. The molecule has 0 aliphatic heterocycles. The van der Waals surface area contributed by atoms with Crippen LogP contribution in [0.2, 0.25) is 5.02 Å². The Bertz CT molecular complexity index is 427. The molecule has 120 valence electrons. The van der Waals surface area contributed by atoms with Gasteiger partial charge >= 0.3 is 0 Å². The fourth-order valence-corrected chi connectivity index (χ4v) is 2.94. The van der Waals surface area contributed by atoms with Crippen LogP contribution in [0.1, 0.15) is 38.3 Å². The normalized spacial score (nSPS) is 13.1. The SMILES string of the molecule is CCC(CC)N(CCOC)C(CN)c1cc(Cl)ccc1F. The zero-order valence-electron chi connectivity index (χ0n) is 13.1. The number of methoxy groups -OCH3 is 1. The van der Waals surface area contributed by atoms with Gasteiger partial charge in [0.2, 0.25) is 0 Å². The second-order valence-electron chi connectivity index (χ2n) is 5.12. The molecule has 1 unspecified atom stereocenters. The van der Waals surface area contributed by atoms with Gasteiger partial charge in [-0.3, -0.25) is 4.90 Å². The Hall–Kier alpha value is -0.680. The molecule has 0 bridgehead atoms. The molecule has 0 heterocycles. The molecular weight excluding hydrogens is 291 g/mol. The summed E-state index contributed by atoms with van der Waals surface area (Å²) in [5, 5.41) is 0.529. The zero-order chi connectivity index (χ0) is 15.8. The number of benzene rings is 1. The molecule has 2 N–H and O–H groups in total. The molecule has 1 aromatic carbocycles. The Kier molecular flexibility index (Phi) is 8.19. The standard InChI is InChI=1S/C16H26ClFN2O/c1-4-13(5-2)20(8-9-21-3)16(11-19)14-10-12(17)6-7-15(14)18/h6-7,10,13,16H,4-5,8-9,11,19H2,1-3H3. The highest BCUT2D eigenvalue weighted by Crippen LogP contribution is 2.28. The molecule has 3 nitrogen and oxygen atoms in total. The molecule has 0 saturated heterocycles. The van der Waals surface area contributed by atoms with Gasteiger partial charge < -0.3 is 10.5 Å². The first-order valence-electron chi connectivity index (χ1n) is 7.48. The van der Waals surface area contributed by atoms with Crippen LogP contribution >= 0.6 is 11.6 Å². The first-order valence-corrected chi connectivity index (χ1v) is 7.86. The van der Waals surface area contributed by atoms with E-state index >= 15 is 0 Å². The summed E-state index contributed by atoms with van der Waals surface area (Å²) in [5.74, 6) is -0.261. The molecule has 21 heavy (non-hydrogen) atoms. The Morgan fingerprint density at radius 1 is 1.33 bits per heavy atom. The van der Waals surface area contributed by atoms with E-state index in [2.05, 4.69) is 18.7 Å². The summed E-state index contributed by atoms with van der Waals surface area (Å²) in [4.78, 5) is 2.23. The largest absolute Gasteiger partial charge is 0.383 e. The first-order chi connectivity index (χ1) is 10.1. The Labute approximate surface area is 132 Å². The maximum absolute atomic E-state index is 14.2. The van der Waals surface area contributed by atoms with Crippen molar-refractivity contribution in [3.8, 4) is 0 Å². The summed E-state index contributed by atoms with van der Waals surface area (Å²) in [6, 6.07) is 4.79. The third kappa shape index (κ3) is 4.92. The van der Waals surface area contributed by atoms with Gasteiger partial charge in [0.15, 0.2) is 0 Å². The fourth-order valence-electron chi connectivity index (χ4n) is 2.76. The molecule has 5 heteroatoms. The number of ether oxygens (including phenoxy) is 1. The summed E-state index contributed by atoms with van der Waals surface area (Å²) >= 11 is 6.02. The van der Waals surface area contributed by atoms with E-state index in [-0.39, 0.29) is 11.9 Å². The van der Waals surface area contributed by atoms with Crippen LogP contribution in [0.5, 0.6) is 0 Å². The van der Waals surface area contributed by atoms with Gasteiger partial charge in [-0.05, 0) is 31.0 Å². The number of hydrogen-bond acceptors (Lipinski definition) is 3. The number of rotatable bonds is 9. The number of nitrogens with zero attached hydrogens (tertiary/aromatic N) is 1. The number of hydrogen-bond donors (Lipinski definition) is 1. The predicted molar refractivity (Wildman–Crippen MR) is 86.2 cm³/mol. The van der Waals surface area contributed by atoms with Crippen LogP contribution in [0.4, 0.5) is 4.39 Å². The van der Waals surface area contributed by atoms with Crippen molar-refractivity contribution in [2.45, 2.75) is 38.8 Å². The van der Waals surface area contributed by atoms with Crippen LogP contribution < -0.4 is 5.73 Å². The maximum atomic E-state index is 14.2. The molecule has 0 aliphatic carbocycles. The maximum Gasteiger partial charge on any atom is 0.128 e. The van der Waals surface area contributed by atoms with Crippen LogP contribution in [0.25, 0.3) is 0 Å². The smallest absolute Gasteiger partial charge is 0.128 e. The molecule has 0 aromatic heterocycles. The van der Waals surface area contributed by atoms with E-state index < -0.39 is 0 Å². The van der Waals surface area contributed by atoms with Crippen molar-refractivity contribution in [3.63, 3.8) is 0 Å². The Morgan fingerprint density at radius 2 is 2.00 bits per heavy atom. The monoisotopic (exact) mass is 316 g/mol. The molecule has 0 radical (unpaired) electrons. The zero-order valence-corrected chi connectivity index (χ0v) is 13.9. The van der Waals surface area contributed by atoms with Crippen LogP contribution in [0, 0.1) is 5.82 Å². The third-order valence-electron chi connectivity index (χ3n) is 3.91. The minimum atomic E-state index is -0.261. The number of nitrogens with two attached hydrogens (primary N) is 1. The minimum Gasteiger partial charge on any atom is -0.383 e. The lowest BCUT2D eigenvalue weighted by Crippen LogP contribution is -2.43. The molecule has 1 aromatic rings. The van der Waals surface area contributed by atoms with Gasteiger partial charge in [-0.15, -0.1) is 0 Å². The molecular formula is C16H26ClFN2O. The molecule has 0 aliphatic rings. The van der Waals surface area contributed by atoms with Gasteiger partial charge in [-0.1, -0.05) is 25.4 Å². The lowest BCUT2D eigenvalue weighted by Gasteiger charge is -2.37. The molecule has 0 spiro atoms. The van der Waals surface area contributed by atoms with Crippen molar-refractivity contribution in [1.29, 1.82) is 0 Å². The molecule has 1 atom stereocenters. The summed E-state index contributed by atoms with van der Waals surface area (Å²) < 4.78 is 19.4. The fraction of sp³-hybridized carbons (Fsp3) is 0.625. The Balaban J connectivity index is 3.12. The topological polar surface area (TPSA) is 38.5 Å². The van der Waals surface area contributed by atoms with E-state index in [9.17, 15) is 4.39 Å². The van der Waals surface area contributed by atoms with Gasteiger partial charge in [0.25, 0.3) is 0 Å². The van der Waals surface area contributed by atoms with Gasteiger partial charge in [0, 0.05) is 36.8 Å². The van der Waals surface area contributed by atoms with Gasteiger partial charge in [-0.2, -0.15) is 0 Å². The second kappa shape index (κ2) is 9.36. The molecule has 0 fully saturated rings. The van der Waals surface area contributed by atoms with Crippen molar-refractivity contribution in [3.05, 3.63) is 34.6 Å². The van der Waals surface area contributed by atoms with Gasteiger partial charge in [0.05, 0.1) is 12.6 Å². The van der Waals surface area contributed by atoms with E-state index in [1.54, 1.807) is 19.2 Å². The van der Waals surface area contributed by atoms with Crippen LogP contribution in [0.3, 0.4) is 0 Å². The molecule has 0 saturated carbocycles. The lowest BCUT2D eigenvalue weighted by molar-refractivity contribution is 0.0803. The van der Waals surface area contributed by atoms with Gasteiger partial charge in [0.1, 0.15) is 5.82 Å². The molecule has 1 rings (SSSR count). The Morgan fingerprint density at radius 3 is 2.52 bits per heavy atom. The van der Waals surface area contributed by atoms with Crippen molar-refractivity contribution >= 4 is 11.6 Å². The van der Waals surface area contributed by atoms with Crippen molar-refractivity contribution < 1.29 is 9.13 Å². The highest BCUT2D eigenvalue weighted by molar-refractivity contribution is 6.30. The van der Waals surface area contributed by atoms with E-state index in [1.807, 2.05) is 0 Å². The summed E-state index contributed by atoms with van der Waals surface area (Å²) in [5.41, 5.74) is 6.51. The van der Waals surface area contributed by atoms with E-state index in [4.69, 9.17) is 22.1 Å². The first kappa shape index (κ1) is 18.4. The lowest BCUT2D eigenvalue weighted by atomic mass is 10.0. The minimum absolute atomic E-state index is 0.191. The number of halogens is 2.